The summed E-state index contributed by atoms with van der Waals surface area (Å²) in [4.78, 5) is 16.4. The highest BCUT2D eigenvalue weighted by molar-refractivity contribution is 8.00. The molecular weight excluding hydrogens is 268 g/mol. The average molecular weight is 284 g/mol. The maximum atomic E-state index is 11.8. The number of hydrogen-bond donors (Lipinski definition) is 1. The van der Waals surface area contributed by atoms with Crippen molar-refractivity contribution in [2.45, 2.75) is 24.1 Å². The van der Waals surface area contributed by atoms with E-state index in [1.54, 1.807) is 0 Å². The number of aryl methyl sites for hydroxylation is 1. The number of pyridine rings is 1. The van der Waals surface area contributed by atoms with Crippen LogP contribution in [0.4, 0.5) is 0 Å². The Morgan fingerprint density at radius 1 is 1.50 bits per heavy atom. The fourth-order valence-electron chi connectivity index (χ4n) is 1.90. The van der Waals surface area contributed by atoms with E-state index in [1.807, 2.05) is 31.2 Å². The molecule has 1 aromatic heterocycles. The fraction of sp³-hybridized carbons (Fsp3) is 0.250. The van der Waals surface area contributed by atoms with Gasteiger partial charge in [0.1, 0.15) is 0 Å². The topological polar surface area (TPSA) is 42.0 Å². The molecule has 2 rings (SSSR count). The van der Waals surface area contributed by atoms with Gasteiger partial charge in [-0.15, -0.1) is 6.42 Å². The van der Waals surface area contributed by atoms with E-state index < -0.39 is 0 Å². The van der Waals surface area contributed by atoms with Crippen molar-refractivity contribution >= 4 is 28.6 Å². The van der Waals surface area contributed by atoms with Gasteiger partial charge in [0.25, 0.3) is 0 Å². The van der Waals surface area contributed by atoms with E-state index in [0.29, 0.717) is 0 Å². The summed E-state index contributed by atoms with van der Waals surface area (Å²) < 4.78 is 0. The molecule has 1 heterocycles. The molecule has 2 aromatic rings. The number of terminal acetylenes is 1. The Balaban J connectivity index is 2.18. The van der Waals surface area contributed by atoms with Gasteiger partial charge >= 0.3 is 0 Å². The molecule has 3 nitrogen and oxygen atoms in total. The van der Waals surface area contributed by atoms with E-state index in [0.717, 1.165) is 21.5 Å². The Kier molecular flexibility index (Phi) is 4.65. The number of nitrogens with zero attached hydrogens (tertiary/aromatic N) is 1. The summed E-state index contributed by atoms with van der Waals surface area (Å²) in [5, 5.41) is 4.45. The number of para-hydroxylation sites is 1. The number of thioether (sulfide) groups is 1. The minimum absolute atomic E-state index is 0.0689. The summed E-state index contributed by atoms with van der Waals surface area (Å²) in [7, 11) is 0. The minimum Gasteiger partial charge on any atom is -0.344 e. The molecule has 102 valence electrons. The number of fused-ring (bicyclic) bond motifs is 1. The van der Waals surface area contributed by atoms with Crippen molar-refractivity contribution in [3.05, 3.63) is 35.9 Å². The van der Waals surface area contributed by atoms with Crippen molar-refractivity contribution in [1.29, 1.82) is 0 Å². The summed E-state index contributed by atoms with van der Waals surface area (Å²) in [6.07, 6.45) is 5.13. The Morgan fingerprint density at radius 2 is 2.25 bits per heavy atom. The van der Waals surface area contributed by atoms with Gasteiger partial charge in [-0.25, -0.2) is 4.98 Å². The van der Waals surface area contributed by atoms with E-state index in [9.17, 15) is 4.79 Å². The van der Waals surface area contributed by atoms with Crippen molar-refractivity contribution in [2.24, 2.45) is 0 Å². The standard InChI is InChI=1S/C16H16N2OS/c1-4-9-17-16(19)12(3)20-15-10-11(2)13-7-5-6-8-14(13)18-15/h1,5-8,10,12H,9H2,2-3H3,(H,17,19). The van der Waals surface area contributed by atoms with Gasteiger partial charge < -0.3 is 5.32 Å². The van der Waals surface area contributed by atoms with Gasteiger partial charge in [-0.1, -0.05) is 35.9 Å². The third kappa shape index (κ3) is 3.31. The molecule has 1 amide bonds. The summed E-state index contributed by atoms with van der Waals surface area (Å²) in [6, 6.07) is 10.0. The molecule has 0 aliphatic heterocycles. The van der Waals surface area contributed by atoms with Crippen LogP contribution < -0.4 is 5.32 Å². The Bertz CT molecular complexity index is 676. The van der Waals surface area contributed by atoms with Crippen LogP contribution in [0, 0.1) is 19.3 Å². The van der Waals surface area contributed by atoms with E-state index >= 15 is 0 Å². The lowest BCUT2D eigenvalue weighted by molar-refractivity contribution is -0.120. The van der Waals surface area contributed by atoms with E-state index in [2.05, 4.69) is 29.2 Å². The molecule has 20 heavy (non-hydrogen) atoms. The number of carbonyl (C=O) groups is 1. The average Bonchev–Trinajstić information content (AvgIpc) is 2.44. The van der Waals surface area contributed by atoms with Crippen LogP contribution in [0.3, 0.4) is 0 Å². The van der Waals surface area contributed by atoms with Gasteiger partial charge in [-0.05, 0) is 31.5 Å². The van der Waals surface area contributed by atoms with Crippen LogP contribution >= 0.6 is 11.8 Å². The number of carbonyl (C=O) groups excluding carboxylic acids is 1. The van der Waals surface area contributed by atoms with Crippen LogP contribution in [-0.4, -0.2) is 22.7 Å². The van der Waals surface area contributed by atoms with E-state index in [1.165, 1.54) is 11.8 Å². The molecule has 1 aromatic carbocycles. The maximum Gasteiger partial charge on any atom is 0.234 e. The second-order valence-corrected chi connectivity index (χ2v) is 5.84. The zero-order valence-corrected chi connectivity index (χ0v) is 12.3. The van der Waals surface area contributed by atoms with Crippen LogP contribution in [0.25, 0.3) is 10.9 Å². The molecule has 0 bridgehead atoms. The lowest BCUT2D eigenvalue weighted by Crippen LogP contribution is -2.31. The second kappa shape index (κ2) is 6.44. The predicted octanol–water partition coefficient (Wildman–Crippen LogP) is 2.77. The summed E-state index contributed by atoms with van der Waals surface area (Å²) >= 11 is 1.44. The molecular formula is C16H16N2OS. The SMILES string of the molecule is C#CCNC(=O)C(C)Sc1cc(C)c2ccccc2n1. The van der Waals surface area contributed by atoms with Crippen LogP contribution in [-0.2, 0) is 4.79 Å². The van der Waals surface area contributed by atoms with Gasteiger partial charge in [0, 0.05) is 5.39 Å². The molecule has 0 aliphatic carbocycles. The number of amides is 1. The highest BCUT2D eigenvalue weighted by Gasteiger charge is 2.15. The van der Waals surface area contributed by atoms with Crippen molar-refractivity contribution in [1.82, 2.24) is 10.3 Å². The molecule has 0 spiro atoms. The van der Waals surface area contributed by atoms with Crippen molar-refractivity contribution < 1.29 is 4.79 Å². The van der Waals surface area contributed by atoms with Gasteiger partial charge in [0.05, 0.1) is 22.3 Å². The highest BCUT2D eigenvalue weighted by atomic mass is 32.2. The number of nitrogens with one attached hydrogen (secondary N) is 1. The molecule has 1 unspecified atom stereocenters. The van der Waals surface area contributed by atoms with E-state index in [-0.39, 0.29) is 17.7 Å². The summed E-state index contributed by atoms with van der Waals surface area (Å²) in [6.45, 7) is 4.16. The number of hydrogen-bond acceptors (Lipinski definition) is 3. The Morgan fingerprint density at radius 3 is 3.00 bits per heavy atom. The first-order chi connectivity index (χ1) is 9.61. The first-order valence-electron chi connectivity index (χ1n) is 6.36. The van der Waals surface area contributed by atoms with E-state index in [4.69, 9.17) is 6.42 Å². The number of rotatable bonds is 4. The van der Waals surface area contributed by atoms with Gasteiger partial charge in [0.15, 0.2) is 0 Å². The lowest BCUT2D eigenvalue weighted by Gasteiger charge is -2.11. The largest absolute Gasteiger partial charge is 0.344 e. The quantitative estimate of drug-likeness (QED) is 0.693. The molecule has 4 heteroatoms. The zero-order chi connectivity index (χ0) is 14.5. The van der Waals surface area contributed by atoms with Crippen molar-refractivity contribution in [3.63, 3.8) is 0 Å². The molecule has 1 atom stereocenters. The number of benzene rings is 1. The summed E-state index contributed by atoms with van der Waals surface area (Å²) in [5.74, 6) is 2.32. The molecule has 1 N–H and O–H groups in total. The van der Waals surface area contributed by atoms with Crippen LogP contribution in [0.2, 0.25) is 0 Å². The number of aromatic nitrogens is 1. The monoisotopic (exact) mass is 284 g/mol. The molecule has 0 aliphatic rings. The van der Waals surface area contributed by atoms with Gasteiger partial charge in [0.2, 0.25) is 5.91 Å². The lowest BCUT2D eigenvalue weighted by atomic mass is 10.1. The first kappa shape index (κ1) is 14.4. The first-order valence-corrected chi connectivity index (χ1v) is 7.24. The second-order valence-electron chi connectivity index (χ2n) is 4.48. The zero-order valence-electron chi connectivity index (χ0n) is 11.5. The maximum absolute atomic E-state index is 11.8. The van der Waals surface area contributed by atoms with Crippen LogP contribution in [0.5, 0.6) is 0 Å². The van der Waals surface area contributed by atoms with Crippen molar-refractivity contribution in [3.8, 4) is 12.3 Å². The van der Waals surface area contributed by atoms with Crippen molar-refractivity contribution in [2.75, 3.05) is 6.54 Å². The van der Waals surface area contributed by atoms with Crippen LogP contribution in [0.1, 0.15) is 12.5 Å². The van der Waals surface area contributed by atoms with Crippen LogP contribution in [0.15, 0.2) is 35.4 Å². The van der Waals surface area contributed by atoms with Gasteiger partial charge in [-0.3, -0.25) is 4.79 Å². The molecule has 0 saturated heterocycles. The fourth-order valence-corrected chi connectivity index (χ4v) is 2.84. The minimum atomic E-state index is -0.226. The third-order valence-electron chi connectivity index (χ3n) is 2.93. The predicted molar refractivity (Wildman–Crippen MR) is 83.6 cm³/mol. The molecule has 0 fully saturated rings. The third-order valence-corrected chi connectivity index (χ3v) is 3.95. The smallest absolute Gasteiger partial charge is 0.234 e. The molecule has 0 radical (unpaired) electrons. The Hall–Kier alpha value is -1.99. The highest BCUT2D eigenvalue weighted by Crippen LogP contribution is 2.26. The summed E-state index contributed by atoms with van der Waals surface area (Å²) in [5.41, 5.74) is 2.11. The normalized spacial score (nSPS) is 11.8. The molecule has 0 saturated carbocycles. The Labute approximate surface area is 123 Å². The van der Waals surface area contributed by atoms with Gasteiger partial charge in [-0.2, -0.15) is 0 Å².